The van der Waals surface area contributed by atoms with Gasteiger partial charge >= 0.3 is 0 Å². The smallest absolute Gasteiger partial charge is 0.273 e. The Hall–Kier alpha value is -4.85. The zero-order valence-electron chi connectivity index (χ0n) is 21.3. The van der Waals surface area contributed by atoms with Crippen molar-refractivity contribution in [2.45, 2.75) is 26.8 Å². The molecule has 0 aliphatic carbocycles. The second-order valence-corrected chi connectivity index (χ2v) is 8.96. The molecule has 0 radical (unpaired) electrons. The average molecular weight is 505 g/mol. The molecule has 38 heavy (non-hydrogen) atoms. The number of nitrogens with one attached hydrogen (secondary N) is 2. The lowest BCUT2D eigenvalue weighted by Gasteiger charge is -2.12. The van der Waals surface area contributed by atoms with Crippen LogP contribution in [0.1, 0.15) is 38.9 Å². The van der Waals surface area contributed by atoms with E-state index in [1.165, 1.54) is 0 Å². The van der Waals surface area contributed by atoms with Crippen molar-refractivity contribution < 1.29 is 9.59 Å². The van der Waals surface area contributed by atoms with Crippen molar-refractivity contribution in [2.75, 3.05) is 11.9 Å². The van der Waals surface area contributed by atoms with Crippen LogP contribution in [0, 0.1) is 6.92 Å². The fraction of sp³-hybridized carbons (Fsp3) is 0.167. The number of carbonyl (C=O) groups is 2. The summed E-state index contributed by atoms with van der Waals surface area (Å²) in [6.07, 6.45) is 5.79. The summed E-state index contributed by atoms with van der Waals surface area (Å²) in [4.78, 5) is 35.7. The number of hydrogen-bond acceptors (Lipinski definition) is 5. The molecule has 0 aliphatic rings. The van der Waals surface area contributed by atoms with E-state index in [-0.39, 0.29) is 17.5 Å². The number of benzene rings is 2. The van der Waals surface area contributed by atoms with Crippen LogP contribution < -0.4 is 10.6 Å². The SMILES string of the molecule is CCn1cc(NC(=O)c2cc(-c3cccnc3)nc3c(C)cccc23)c(C(=O)NCCc2ccccc2)n1. The Morgan fingerprint density at radius 1 is 0.974 bits per heavy atom. The molecular weight excluding hydrogens is 476 g/mol. The van der Waals surface area contributed by atoms with E-state index in [1.807, 2.05) is 74.5 Å². The summed E-state index contributed by atoms with van der Waals surface area (Å²) >= 11 is 0. The lowest BCUT2D eigenvalue weighted by atomic mass is 10.0. The van der Waals surface area contributed by atoms with Gasteiger partial charge in [0.15, 0.2) is 5.69 Å². The van der Waals surface area contributed by atoms with Gasteiger partial charge in [0.05, 0.1) is 22.5 Å². The number of fused-ring (bicyclic) bond motifs is 1. The number of amides is 2. The maximum atomic E-state index is 13.7. The van der Waals surface area contributed by atoms with Crippen LogP contribution >= 0.6 is 0 Å². The first-order chi connectivity index (χ1) is 18.5. The summed E-state index contributed by atoms with van der Waals surface area (Å²) in [5, 5.41) is 11.0. The molecule has 3 aromatic heterocycles. The molecule has 0 unspecified atom stereocenters. The molecular formula is C30H28N6O2. The first-order valence-electron chi connectivity index (χ1n) is 12.5. The molecule has 2 aromatic carbocycles. The predicted octanol–water partition coefficient (Wildman–Crippen LogP) is 5.05. The van der Waals surface area contributed by atoms with Gasteiger partial charge in [-0.2, -0.15) is 5.10 Å². The molecule has 0 atom stereocenters. The van der Waals surface area contributed by atoms with Gasteiger partial charge in [-0.1, -0.05) is 48.5 Å². The summed E-state index contributed by atoms with van der Waals surface area (Å²) < 4.78 is 1.64. The lowest BCUT2D eigenvalue weighted by Crippen LogP contribution is -2.27. The molecule has 0 spiro atoms. The van der Waals surface area contributed by atoms with Gasteiger partial charge in [0, 0.05) is 42.6 Å². The van der Waals surface area contributed by atoms with Crippen molar-refractivity contribution in [3.63, 3.8) is 0 Å². The zero-order chi connectivity index (χ0) is 26.5. The van der Waals surface area contributed by atoms with Crippen LogP contribution in [0.5, 0.6) is 0 Å². The molecule has 0 saturated carbocycles. The maximum absolute atomic E-state index is 13.7. The Kier molecular flexibility index (Phi) is 7.21. The van der Waals surface area contributed by atoms with Crippen molar-refractivity contribution in [3.8, 4) is 11.3 Å². The molecule has 8 nitrogen and oxygen atoms in total. The Balaban J connectivity index is 1.44. The summed E-state index contributed by atoms with van der Waals surface area (Å²) in [5.74, 6) is -0.683. The molecule has 0 saturated heterocycles. The third-order valence-electron chi connectivity index (χ3n) is 6.33. The number of para-hydroxylation sites is 1. The molecule has 2 amide bonds. The highest BCUT2D eigenvalue weighted by Crippen LogP contribution is 2.27. The van der Waals surface area contributed by atoms with E-state index in [0.29, 0.717) is 36.5 Å². The predicted molar refractivity (Wildman–Crippen MR) is 148 cm³/mol. The molecule has 8 heteroatoms. The van der Waals surface area contributed by atoms with Gasteiger partial charge in [-0.05, 0) is 49.6 Å². The van der Waals surface area contributed by atoms with Gasteiger partial charge in [0.2, 0.25) is 0 Å². The highest BCUT2D eigenvalue weighted by Gasteiger charge is 2.21. The van der Waals surface area contributed by atoms with Crippen LogP contribution in [-0.2, 0) is 13.0 Å². The average Bonchev–Trinajstić information content (AvgIpc) is 3.36. The summed E-state index contributed by atoms with van der Waals surface area (Å²) in [7, 11) is 0. The monoisotopic (exact) mass is 504 g/mol. The first kappa shape index (κ1) is 24.8. The number of carbonyl (C=O) groups excluding carboxylic acids is 2. The third-order valence-corrected chi connectivity index (χ3v) is 6.33. The van der Waals surface area contributed by atoms with Crippen molar-refractivity contribution in [1.82, 2.24) is 25.1 Å². The van der Waals surface area contributed by atoms with Crippen molar-refractivity contribution >= 4 is 28.4 Å². The molecule has 3 heterocycles. The molecule has 2 N–H and O–H groups in total. The second kappa shape index (κ2) is 11.0. The first-order valence-corrected chi connectivity index (χ1v) is 12.5. The summed E-state index contributed by atoms with van der Waals surface area (Å²) in [6.45, 7) is 4.91. The van der Waals surface area contributed by atoms with E-state index < -0.39 is 0 Å². The van der Waals surface area contributed by atoms with E-state index in [9.17, 15) is 9.59 Å². The third kappa shape index (κ3) is 5.29. The van der Waals surface area contributed by atoms with Crippen LogP contribution in [0.15, 0.2) is 85.3 Å². The van der Waals surface area contributed by atoms with Crippen LogP contribution in [0.2, 0.25) is 0 Å². The largest absolute Gasteiger partial charge is 0.350 e. The van der Waals surface area contributed by atoms with Gasteiger partial charge in [-0.25, -0.2) is 4.98 Å². The molecule has 5 aromatic rings. The minimum absolute atomic E-state index is 0.176. The number of rotatable bonds is 8. The number of hydrogen-bond donors (Lipinski definition) is 2. The van der Waals surface area contributed by atoms with Crippen LogP contribution in [0.3, 0.4) is 0 Å². The van der Waals surface area contributed by atoms with E-state index in [2.05, 4.69) is 20.7 Å². The van der Waals surface area contributed by atoms with E-state index in [4.69, 9.17) is 4.98 Å². The summed E-state index contributed by atoms with van der Waals surface area (Å²) in [5.41, 5.74) is 5.27. The number of anilines is 1. The molecule has 190 valence electrons. The Morgan fingerprint density at radius 3 is 2.58 bits per heavy atom. The number of aromatic nitrogens is 4. The number of pyridine rings is 2. The van der Waals surface area contributed by atoms with Gasteiger partial charge in [0.1, 0.15) is 0 Å². The summed E-state index contributed by atoms with van der Waals surface area (Å²) in [6, 6.07) is 21.2. The minimum Gasteiger partial charge on any atom is -0.350 e. The normalized spacial score (nSPS) is 10.9. The fourth-order valence-electron chi connectivity index (χ4n) is 4.32. The molecule has 0 fully saturated rings. The Bertz CT molecular complexity index is 1600. The molecule has 0 bridgehead atoms. The van der Waals surface area contributed by atoms with Gasteiger partial charge in [0.25, 0.3) is 11.8 Å². The van der Waals surface area contributed by atoms with Crippen molar-refractivity contribution in [3.05, 3.63) is 108 Å². The Morgan fingerprint density at radius 2 is 1.82 bits per heavy atom. The van der Waals surface area contributed by atoms with Crippen molar-refractivity contribution in [1.29, 1.82) is 0 Å². The highest BCUT2D eigenvalue weighted by atomic mass is 16.2. The van der Waals surface area contributed by atoms with Gasteiger partial charge in [-0.15, -0.1) is 0 Å². The topological polar surface area (TPSA) is 102 Å². The standard InChI is InChI=1S/C30H28N6O2/c1-3-36-19-26(28(35-36)30(38)32-16-14-21-10-5-4-6-11-21)34-29(37)24-17-25(22-12-8-15-31-18-22)33-27-20(2)9-7-13-23(24)27/h4-13,15,17-19H,3,14,16H2,1-2H3,(H,32,38)(H,34,37). The van der Waals surface area contributed by atoms with E-state index >= 15 is 0 Å². The van der Waals surface area contributed by atoms with E-state index in [0.717, 1.165) is 27.6 Å². The quantitative estimate of drug-likeness (QED) is 0.308. The molecule has 0 aliphatic heterocycles. The van der Waals surface area contributed by atoms with Crippen LogP contribution in [0.4, 0.5) is 5.69 Å². The highest BCUT2D eigenvalue weighted by molar-refractivity contribution is 6.15. The Labute approximate surface area is 220 Å². The number of nitrogens with zero attached hydrogens (tertiary/aromatic N) is 4. The van der Waals surface area contributed by atoms with Crippen LogP contribution in [0.25, 0.3) is 22.2 Å². The van der Waals surface area contributed by atoms with Crippen molar-refractivity contribution in [2.24, 2.45) is 0 Å². The second-order valence-electron chi connectivity index (χ2n) is 8.96. The minimum atomic E-state index is -0.345. The number of aryl methyl sites for hydroxylation is 2. The maximum Gasteiger partial charge on any atom is 0.273 e. The van der Waals surface area contributed by atoms with Gasteiger partial charge < -0.3 is 10.6 Å². The zero-order valence-corrected chi connectivity index (χ0v) is 21.3. The fourth-order valence-corrected chi connectivity index (χ4v) is 4.32. The lowest BCUT2D eigenvalue weighted by molar-refractivity contribution is 0.0949. The van der Waals surface area contributed by atoms with Gasteiger partial charge in [-0.3, -0.25) is 19.3 Å². The van der Waals surface area contributed by atoms with E-state index in [1.54, 1.807) is 29.3 Å². The molecule has 5 rings (SSSR count). The van der Waals surface area contributed by atoms with Crippen LogP contribution in [-0.4, -0.2) is 38.1 Å².